The molecule has 2 heterocycles. The molecule has 1 spiro atoms. The Balaban J connectivity index is 1.87. The smallest absolute Gasteiger partial charge is 0.323 e. The average molecular weight is 348 g/mol. The third kappa shape index (κ3) is 3.52. The van der Waals surface area contributed by atoms with Gasteiger partial charge >= 0.3 is 5.97 Å². The maximum Gasteiger partial charge on any atom is 0.323 e. The largest absolute Gasteiger partial charge is 0.497 e. The van der Waals surface area contributed by atoms with E-state index in [-0.39, 0.29) is 37.9 Å². The first-order valence-electron chi connectivity index (χ1n) is 8.07. The summed E-state index contributed by atoms with van der Waals surface area (Å²) in [7, 11) is 1.53. The van der Waals surface area contributed by atoms with Crippen molar-refractivity contribution >= 4 is 17.8 Å². The molecule has 1 aromatic carbocycles. The zero-order valence-corrected chi connectivity index (χ0v) is 13.9. The highest BCUT2D eigenvalue weighted by molar-refractivity contribution is 5.97. The van der Waals surface area contributed by atoms with E-state index in [0.717, 1.165) is 0 Å². The summed E-state index contributed by atoms with van der Waals surface area (Å²) in [5, 5.41) is 11.8. The van der Waals surface area contributed by atoms with E-state index in [4.69, 9.17) is 14.6 Å². The number of hydrogen-bond acceptors (Lipinski definition) is 5. The Kier molecular flexibility index (Phi) is 4.52. The predicted molar refractivity (Wildman–Crippen MR) is 86.8 cm³/mol. The molecule has 1 fully saturated rings. The molecule has 2 amide bonds. The van der Waals surface area contributed by atoms with Gasteiger partial charge < -0.3 is 24.8 Å². The van der Waals surface area contributed by atoms with Gasteiger partial charge in [0, 0.05) is 25.5 Å². The highest BCUT2D eigenvalue weighted by Crippen LogP contribution is 2.35. The summed E-state index contributed by atoms with van der Waals surface area (Å²) in [5.41, 5.74) is -0.341. The van der Waals surface area contributed by atoms with Crippen LogP contribution in [0.5, 0.6) is 11.5 Å². The molecule has 0 bridgehead atoms. The van der Waals surface area contributed by atoms with Crippen LogP contribution in [-0.4, -0.2) is 60.1 Å². The van der Waals surface area contributed by atoms with Crippen LogP contribution < -0.4 is 14.8 Å². The molecule has 0 unspecified atom stereocenters. The molecule has 2 aliphatic rings. The van der Waals surface area contributed by atoms with Crippen molar-refractivity contribution in [3.63, 3.8) is 0 Å². The molecule has 25 heavy (non-hydrogen) atoms. The Bertz CT molecular complexity index is 719. The van der Waals surface area contributed by atoms with E-state index in [2.05, 4.69) is 5.32 Å². The third-order valence-electron chi connectivity index (χ3n) is 4.64. The summed E-state index contributed by atoms with van der Waals surface area (Å²) < 4.78 is 11.4. The lowest BCUT2D eigenvalue weighted by Gasteiger charge is -2.32. The lowest BCUT2D eigenvalue weighted by atomic mass is 9.94. The Hall–Kier alpha value is -2.77. The Labute approximate surface area is 144 Å². The summed E-state index contributed by atoms with van der Waals surface area (Å²) in [4.78, 5) is 36.7. The molecule has 8 nitrogen and oxygen atoms in total. The third-order valence-corrected chi connectivity index (χ3v) is 4.64. The molecule has 8 heteroatoms. The average Bonchev–Trinajstić information content (AvgIpc) is 2.82. The van der Waals surface area contributed by atoms with Crippen LogP contribution in [-0.2, 0) is 9.59 Å². The maximum atomic E-state index is 12.3. The number of carboxylic acids is 1. The molecule has 3 rings (SSSR count). The van der Waals surface area contributed by atoms with Crippen LogP contribution in [0.3, 0.4) is 0 Å². The van der Waals surface area contributed by atoms with Gasteiger partial charge in [0.2, 0.25) is 5.91 Å². The fourth-order valence-electron chi connectivity index (χ4n) is 3.20. The van der Waals surface area contributed by atoms with Crippen LogP contribution >= 0.6 is 0 Å². The van der Waals surface area contributed by atoms with E-state index in [1.54, 1.807) is 18.2 Å². The number of carbonyl (C=O) groups excluding carboxylic acids is 2. The molecule has 1 atom stereocenters. The maximum absolute atomic E-state index is 12.3. The van der Waals surface area contributed by atoms with Crippen LogP contribution in [0.15, 0.2) is 18.2 Å². The molecule has 0 radical (unpaired) electrons. The number of methoxy groups -OCH3 is 1. The number of rotatable bonds is 3. The van der Waals surface area contributed by atoms with Crippen molar-refractivity contribution in [3.05, 3.63) is 23.8 Å². The minimum absolute atomic E-state index is 0.169. The molecular weight excluding hydrogens is 328 g/mol. The van der Waals surface area contributed by atoms with Gasteiger partial charge in [-0.1, -0.05) is 0 Å². The van der Waals surface area contributed by atoms with E-state index < -0.39 is 11.6 Å². The van der Waals surface area contributed by atoms with Crippen LogP contribution in [0, 0.1) is 0 Å². The minimum Gasteiger partial charge on any atom is -0.497 e. The number of aliphatic carboxylic acids is 1. The highest BCUT2D eigenvalue weighted by atomic mass is 16.5. The first-order valence-corrected chi connectivity index (χ1v) is 8.07. The number of hydrogen-bond donors (Lipinski definition) is 2. The van der Waals surface area contributed by atoms with Gasteiger partial charge in [0.15, 0.2) is 0 Å². The number of likely N-dealkylation sites (tertiary alicyclic amines) is 1. The normalized spacial score (nSPS) is 23.2. The van der Waals surface area contributed by atoms with Gasteiger partial charge in [0.05, 0.1) is 19.2 Å². The second-order valence-corrected chi connectivity index (χ2v) is 6.29. The van der Waals surface area contributed by atoms with Crippen LogP contribution in [0.2, 0.25) is 0 Å². The fourth-order valence-corrected chi connectivity index (χ4v) is 3.20. The number of amides is 2. The SMILES string of the molecule is COc1ccc2c(c1)O[C@@]1(CCC(=O)N(CC(=O)O)CC1)CNC2=O. The molecular formula is C17H20N2O6. The van der Waals surface area contributed by atoms with Crippen LogP contribution in [0.25, 0.3) is 0 Å². The lowest BCUT2D eigenvalue weighted by molar-refractivity contribution is -0.144. The number of carbonyl (C=O) groups is 3. The summed E-state index contributed by atoms with van der Waals surface area (Å²) >= 11 is 0. The van der Waals surface area contributed by atoms with Gasteiger partial charge in [-0.05, 0) is 18.6 Å². The fraction of sp³-hybridized carbons (Fsp3) is 0.471. The summed E-state index contributed by atoms with van der Waals surface area (Å²) in [6.45, 7) is 0.197. The number of fused-ring (bicyclic) bond motifs is 1. The van der Waals surface area contributed by atoms with Crippen molar-refractivity contribution < 1.29 is 29.0 Å². The van der Waals surface area contributed by atoms with Crippen molar-refractivity contribution in [2.45, 2.75) is 24.9 Å². The van der Waals surface area contributed by atoms with Gasteiger partial charge in [0.25, 0.3) is 5.91 Å². The molecule has 0 aromatic heterocycles. The molecule has 1 aromatic rings. The zero-order valence-electron chi connectivity index (χ0n) is 13.9. The van der Waals surface area contributed by atoms with E-state index in [9.17, 15) is 14.4 Å². The Morgan fingerprint density at radius 1 is 1.40 bits per heavy atom. The molecule has 0 saturated carbocycles. The number of ether oxygens (including phenoxy) is 2. The lowest BCUT2D eigenvalue weighted by Crippen LogP contribution is -2.46. The van der Waals surface area contributed by atoms with Crippen LogP contribution in [0.4, 0.5) is 0 Å². The highest BCUT2D eigenvalue weighted by Gasteiger charge is 2.40. The second-order valence-electron chi connectivity index (χ2n) is 6.29. The van der Waals surface area contributed by atoms with Crippen molar-refractivity contribution in [2.24, 2.45) is 0 Å². The van der Waals surface area contributed by atoms with Gasteiger partial charge in [-0.25, -0.2) is 0 Å². The number of carboxylic acid groups (broad SMARTS) is 1. The van der Waals surface area contributed by atoms with E-state index >= 15 is 0 Å². The Morgan fingerprint density at radius 2 is 2.20 bits per heavy atom. The second kappa shape index (κ2) is 6.62. The van der Waals surface area contributed by atoms with Gasteiger partial charge in [-0.3, -0.25) is 14.4 Å². The summed E-state index contributed by atoms with van der Waals surface area (Å²) in [6, 6.07) is 4.98. The predicted octanol–water partition coefficient (Wildman–Crippen LogP) is 0.653. The number of benzene rings is 1. The number of nitrogens with zero attached hydrogens (tertiary/aromatic N) is 1. The molecule has 2 aliphatic heterocycles. The molecule has 2 N–H and O–H groups in total. The van der Waals surface area contributed by atoms with E-state index in [1.807, 2.05) is 0 Å². The van der Waals surface area contributed by atoms with Crippen molar-refractivity contribution in [1.29, 1.82) is 0 Å². The van der Waals surface area contributed by atoms with Crippen molar-refractivity contribution in [1.82, 2.24) is 10.2 Å². The summed E-state index contributed by atoms with van der Waals surface area (Å²) in [6.07, 6.45) is 1.00. The zero-order chi connectivity index (χ0) is 18.0. The minimum atomic E-state index is -1.05. The van der Waals surface area contributed by atoms with E-state index in [1.165, 1.54) is 12.0 Å². The molecule has 134 valence electrons. The Morgan fingerprint density at radius 3 is 2.92 bits per heavy atom. The van der Waals surface area contributed by atoms with Crippen molar-refractivity contribution in [3.8, 4) is 11.5 Å². The van der Waals surface area contributed by atoms with Crippen molar-refractivity contribution in [2.75, 3.05) is 26.7 Å². The topological polar surface area (TPSA) is 105 Å². The standard InChI is InChI=1S/C17H20N2O6/c1-24-11-2-3-12-13(8-11)25-17(10-18-16(12)23)5-4-14(20)19(7-6-17)9-15(21)22/h2-3,8H,4-7,9-10H2,1H3,(H,18,23)(H,21,22)/t17-/m1/s1. The molecule has 0 aliphatic carbocycles. The first kappa shape index (κ1) is 17.1. The quantitative estimate of drug-likeness (QED) is 0.831. The van der Waals surface area contributed by atoms with Gasteiger partial charge in [0.1, 0.15) is 23.6 Å². The first-order chi connectivity index (χ1) is 11.9. The van der Waals surface area contributed by atoms with E-state index in [0.29, 0.717) is 29.9 Å². The summed E-state index contributed by atoms with van der Waals surface area (Å²) in [5.74, 6) is -0.527. The van der Waals surface area contributed by atoms with Gasteiger partial charge in [-0.2, -0.15) is 0 Å². The molecule has 1 saturated heterocycles. The number of nitrogens with one attached hydrogen (secondary N) is 1. The van der Waals surface area contributed by atoms with Gasteiger partial charge in [-0.15, -0.1) is 0 Å². The monoisotopic (exact) mass is 348 g/mol. The van der Waals surface area contributed by atoms with Crippen LogP contribution in [0.1, 0.15) is 29.6 Å².